The van der Waals surface area contributed by atoms with Gasteiger partial charge in [-0.1, -0.05) is 30.3 Å². The SMILES string of the molecule is CCNC(=NCc1ccc(S(C)(=O)=O)c(C)c1)NCC1CCN(c2ccccc2)C1.I. The number of aliphatic imine (C=N–C) groups is 1. The fraction of sp³-hybridized carbons (Fsp3) is 0.435. The van der Waals surface area contributed by atoms with Crippen molar-refractivity contribution >= 4 is 45.5 Å². The largest absolute Gasteiger partial charge is 0.371 e. The summed E-state index contributed by atoms with van der Waals surface area (Å²) in [4.78, 5) is 7.50. The van der Waals surface area contributed by atoms with Gasteiger partial charge in [0.2, 0.25) is 0 Å². The number of aryl methyl sites for hydroxylation is 1. The molecule has 1 saturated heterocycles. The highest BCUT2D eigenvalue weighted by atomic mass is 127. The highest BCUT2D eigenvalue weighted by molar-refractivity contribution is 14.0. The quantitative estimate of drug-likeness (QED) is 0.310. The first-order chi connectivity index (χ1) is 14.4. The summed E-state index contributed by atoms with van der Waals surface area (Å²) in [5.41, 5.74) is 3.04. The molecule has 1 aliphatic heterocycles. The lowest BCUT2D eigenvalue weighted by Gasteiger charge is -2.19. The lowest BCUT2D eigenvalue weighted by Crippen LogP contribution is -2.40. The summed E-state index contributed by atoms with van der Waals surface area (Å²) < 4.78 is 23.6. The van der Waals surface area contributed by atoms with E-state index in [0.717, 1.165) is 49.7 Å². The zero-order valence-electron chi connectivity index (χ0n) is 18.5. The lowest BCUT2D eigenvalue weighted by molar-refractivity contribution is 0.566. The fourth-order valence-electron chi connectivity index (χ4n) is 3.85. The fourth-order valence-corrected chi connectivity index (χ4v) is 4.81. The molecule has 0 saturated carbocycles. The molecule has 0 aromatic heterocycles. The molecule has 2 aromatic carbocycles. The van der Waals surface area contributed by atoms with E-state index in [0.29, 0.717) is 17.4 Å². The number of sulfone groups is 1. The van der Waals surface area contributed by atoms with Gasteiger partial charge in [-0.05, 0) is 55.5 Å². The number of benzene rings is 2. The first-order valence-electron chi connectivity index (χ1n) is 10.5. The van der Waals surface area contributed by atoms with E-state index in [1.165, 1.54) is 11.9 Å². The van der Waals surface area contributed by atoms with Crippen molar-refractivity contribution in [3.05, 3.63) is 59.7 Å². The van der Waals surface area contributed by atoms with Gasteiger partial charge in [-0.25, -0.2) is 13.4 Å². The summed E-state index contributed by atoms with van der Waals surface area (Å²) in [6.07, 6.45) is 2.40. The number of hydrogen-bond acceptors (Lipinski definition) is 4. The summed E-state index contributed by atoms with van der Waals surface area (Å²) in [6, 6.07) is 16.0. The van der Waals surface area contributed by atoms with Crippen LogP contribution in [0.3, 0.4) is 0 Å². The summed E-state index contributed by atoms with van der Waals surface area (Å²) in [7, 11) is -3.20. The second-order valence-corrected chi connectivity index (χ2v) is 9.87. The molecule has 0 spiro atoms. The lowest BCUT2D eigenvalue weighted by atomic mass is 10.1. The zero-order valence-corrected chi connectivity index (χ0v) is 21.6. The van der Waals surface area contributed by atoms with E-state index in [4.69, 9.17) is 0 Å². The van der Waals surface area contributed by atoms with Crippen LogP contribution in [-0.4, -0.2) is 46.8 Å². The van der Waals surface area contributed by atoms with E-state index in [9.17, 15) is 8.42 Å². The van der Waals surface area contributed by atoms with Crippen molar-refractivity contribution in [3.8, 4) is 0 Å². The molecule has 1 atom stereocenters. The zero-order chi connectivity index (χ0) is 21.6. The molecule has 1 unspecified atom stereocenters. The Balaban J connectivity index is 0.00000341. The molecule has 170 valence electrons. The molecule has 0 aliphatic carbocycles. The standard InChI is InChI=1S/C23H32N4O2S.HI/c1-4-24-23(25-15-19-10-11-22(18(2)14-19)30(3,28)29)26-16-20-12-13-27(17-20)21-8-6-5-7-9-21;/h5-11,14,20H,4,12-13,15-17H2,1-3H3,(H2,24,25,26);1H. The van der Waals surface area contributed by atoms with Gasteiger partial charge in [0.25, 0.3) is 0 Å². The van der Waals surface area contributed by atoms with E-state index in [2.05, 4.69) is 51.7 Å². The Labute approximate surface area is 203 Å². The van der Waals surface area contributed by atoms with Crippen molar-refractivity contribution in [2.24, 2.45) is 10.9 Å². The highest BCUT2D eigenvalue weighted by Gasteiger charge is 2.22. The number of nitrogens with zero attached hydrogens (tertiary/aromatic N) is 2. The average Bonchev–Trinajstić information content (AvgIpc) is 3.19. The van der Waals surface area contributed by atoms with Gasteiger partial charge in [0.05, 0.1) is 11.4 Å². The molecular weight excluding hydrogens is 523 g/mol. The molecule has 6 nitrogen and oxygen atoms in total. The summed E-state index contributed by atoms with van der Waals surface area (Å²) >= 11 is 0. The topological polar surface area (TPSA) is 73.8 Å². The number of anilines is 1. The monoisotopic (exact) mass is 556 g/mol. The summed E-state index contributed by atoms with van der Waals surface area (Å²) in [5, 5.41) is 6.77. The minimum absolute atomic E-state index is 0. The van der Waals surface area contributed by atoms with Crippen molar-refractivity contribution in [2.75, 3.05) is 37.3 Å². The Morgan fingerprint density at radius 1 is 1.16 bits per heavy atom. The smallest absolute Gasteiger partial charge is 0.191 e. The first kappa shape index (κ1) is 25.5. The number of hydrogen-bond donors (Lipinski definition) is 2. The van der Waals surface area contributed by atoms with Gasteiger partial charge in [0, 0.05) is 38.1 Å². The van der Waals surface area contributed by atoms with Crippen LogP contribution in [0.15, 0.2) is 58.4 Å². The maximum atomic E-state index is 11.8. The van der Waals surface area contributed by atoms with Crippen LogP contribution in [0, 0.1) is 12.8 Å². The number of halogens is 1. The first-order valence-corrected chi connectivity index (χ1v) is 12.4. The number of nitrogens with one attached hydrogen (secondary N) is 2. The van der Waals surface area contributed by atoms with Crippen LogP contribution in [0.1, 0.15) is 24.5 Å². The summed E-state index contributed by atoms with van der Waals surface area (Å²) in [5.74, 6) is 1.37. The van der Waals surface area contributed by atoms with Crippen LogP contribution in [-0.2, 0) is 16.4 Å². The molecule has 31 heavy (non-hydrogen) atoms. The highest BCUT2D eigenvalue weighted by Crippen LogP contribution is 2.23. The normalized spacial score (nSPS) is 16.7. The van der Waals surface area contributed by atoms with E-state index in [-0.39, 0.29) is 24.0 Å². The molecule has 2 aromatic rings. The van der Waals surface area contributed by atoms with Crippen molar-refractivity contribution in [1.82, 2.24) is 10.6 Å². The Bertz CT molecular complexity index is 980. The van der Waals surface area contributed by atoms with E-state index in [1.807, 2.05) is 25.1 Å². The van der Waals surface area contributed by atoms with Crippen molar-refractivity contribution in [2.45, 2.75) is 31.7 Å². The van der Waals surface area contributed by atoms with Gasteiger partial charge in [-0.15, -0.1) is 24.0 Å². The van der Waals surface area contributed by atoms with E-state index < -0.39 is 9.84 Å². The second-order valence-electron chi connectivity index (χ2n) is 7.88. The molecule has 8 heteroatoms. The Morgan fingerprint density at radius 3 is 2.55 bits per heavy atom. The molecule has 1 fully saturated rings. The molecule has 1 heterocycles. The van der Waals surface area contributed by atoms with Crippen LogP contribution in [0.5, 0.6) is 0 Å². The predicted molar refractivity (Wildman–Crippen MR) is 139 cm³/mol. The van der Waals surface area contributed by atoms with Crippen molar-refractivity contribution in [1.29, 1.82) is 0 Å². The molecule has 1 aliphatic rings. The van der Waals surface area contributed by atoms with Crippen LogP contribution in [0.2, 0.25) is 0 Å². The Morgan fingerprint density at radius 2 is 1.90 bits per heavy atom. The average molecular weight is 557 g/mol. The van der Waals surface area contributed by atoms with Crippen LogP contribution >= 0.6 is 24.0 Å². The predicted octanol–water partition coefficient (Wildman–Crippen LogP) is 3.60. The third-order valence-electron chi connectivity index (χ3n) is 5.37. The third-order valence-corrected chi connectivity index (χ3v) is 6.63. The number of para-hydroxylation sites is 1. The molecule has 0 radical (unpaired) electrons. The van der Waals surface area contributed by atoms with Crippen LogP contribution < -0.4 is 15.5 Å². The van der Waals surface area contributed by atoms with Gasteiger partial charge in [0.1, 0.15) is 0 Å². The maximum Gasteiger partial charge on any atom is 0.191 e. The molecule has 2 N–H and O–H groups in total. The summed E-state index contributed by atoms with van der Waals surface area (Å²) in [6.45, 7) is 8.17. The third kappa shape index (κ3) is 7.38. The van der Waals surface area contributed by atoms with Gasteiger partial charge in [-0.3, -0.25) is 0 Å². The van der Waals surface area contributed by atoms with Crippen molar-refractivity contribution in [3.63, 3.8) is 0 Å². The Hall–Kier alpha value is -1.81. The Kier molecular flexibility index (Phi) is 9.61. The van der Waals surface area contributed by atoms with Gasteiger partial charge in [0.15, 0.2) is 15.8 Å². The molecule has 0 bridgehead atoms. The second kappa shape index (κ2) is 11.7. The van der Waals surface area contributed by atoms with Crippen molar-refractivity contribution < 1.29 is 8.42 Å². The van der Waals surface area contributed by atoms with Gasteiger partial charge in [-0.2, -0.15) is 0 Å². The molecular formula is C23H33IN4O2S. The van der Waals surface area contributed by atoms with E-state index >= 15 is 0 Å². The number of guanidine groups is 1. The minimum atomic E-state index is -3.20. The maximum absolute atomic E-state index is 11.8. The van der Waals surface area contributed by atoms with Gasteiger partial charge >= 0.3 is 0 Å². The van der Waals surface area contributed by atoms with E-state index in [1.54, 1.807) is 6.07 Å². The van der Waals surface area contributed by atoms with Gasteiger partial charge < -0.3 is 15.5 Å². The van der Waals surface area contributed by atoms with Crippen LogP contribution in [0.25, 0.3) is 0 Å². The minimum Gasteiger partial charge on any atom is -0.371 e. The molecule has 0 amide bonds. The molecule has 3 rings (SSSR count). The number of rotatable bonds is 7. The van der Waals surface area contributed by atoms with Crippen LogP contribution in [0.4, 0.5) is 5.69 Å².